The van der Waals surface area contributed by atoms with E-state index in [9.17, 15) is 9.00 Å². The van der Waals surface area contributed by atoms with Gasteiger partial charge < -0.3 is 5.11 Å². The van der Waals surface area contributed by atoms with Crippen LogP contribution in [0, 0.1) is 0 Å². The van der Waals surface area contributed by atoms with Crippen molar-refractivity contribution in [1.82, 2.24) is 0 Å². The van der Waals surface area contributed by atoms with Crippen LogP contribution in [0.2, 0.25) is 0 Å². The van der Waals surface area contributed by atoms with Crippen molar-refractivity contribution in [3.8, 4) is 0 Å². The zero-order valence-corrected chi connectivity index (χ0v) is 11.0. The molecule has 0 aliphatic rings. The Labute approximate surface area is 104 Å². The van der Waals surface area contributed by atoms with Crippen LogP contribution in [0.5, 0.6) is 0 Å². The van der Waals surface area contributed by atoms with Gasteiger partial charge >= 0.3 is 0 Å². The fourth-order valence-corrected chi connectivity index (χ4v) is 2.26. The molecule has 0 fully saturated rings. The molecule has 1 unspecified atom stereocenters. The monoisotopic (exact) mass is 254 g/mol. The highest BCUT2D eigenvalue weighted by Crippen LogP contribution is 2.15. The fraction of sp³-hybridized carbons (Fsp3) is 0.462. The van der Waals surface area contributed by atoms with Crippen molar-refractivity contribution in [2.45, 2.75) is 19.8 Å². The maximum absolute atomic E-state index is 11.7. The van der Waals surface area contributed by atoms with Gasteiger partial charge in [-0.2, -0.15) is 0 Å². The molecule has 1 atom stereocenters. The van der Waals surface area contributed by atoms with Gasteiger partial charge in [-0.05, 0) is 11.5 Å². The standard InChI is InChI=1S/C13H18O3S/c1-10(2)11-3-5-12(6-4-11)13(15)9-17(16)8-7-14/h3-6,10,14H,7-9H2,1-2H3. The first-order valence-electron chi connectivity index (χ1n) is 5.63. The van der Waals surface area contributed by atoms with Crippen molar-refractivity contribution < 1.29 is 14.1 Å². The molecule has 0 bridgehead atoms. The molecule has 0 aliphatic heterocycles. The Balaban J connectivity index is 2.67. The fourth-order valence-electron chi connectivity index (χ4n) is 1.46. The van der Waals surface area contributed by atoms with Crippen LogP contribution in [-0.4, -0.2) is 33.2 Å². The van der Waals surface area contributed by atoms with Crippen molar-refractivity contribution in [2.24, 2.45) is 0 Å². The molecule has 0 heterocycles. The van der Waals surface area contributed by atoms with E-state index < -0.39 is 10.8 Å². The zero-order chi connectivity index (χ0) is 12.8. The highest BCUT2D eigenvalue weighted by molar-refractivity contribution is 7.85. The average Bonchev–Trinajstić information content (AvgIpc) is 2.29. The third-order valence-corrected chi connectivity index (χ3v) is 3.73. The lowest BCUT2D eigenvalue weighted by Crippen LogP contribution is -2.14. The largest absolute Gasteiger partial charge is 0.395 e. The first-order valence-corrected chi connectivity index (χ1v) is 7.12. The van der Waals surface area contributed by atoms with Gasteiger partial charge in [-0.25, -0.2) is 0 Å². The molecule has 0 saturated carbocycles. The van der Waals surface area contributed by atoms with E-state index in [1.54, 1.807) is 12.1 Å². The minimum atomic E-state index is -1.26. The lowest BCUT2D eigenvalue weighted by molar-refractivity contribution is 0.102. The highest BCUT2D eigenvalue weighted by atomic mass is 32.2. The summed E-state index contributed by atoms with van der Waals surface area (Å²) in [5.74, 6) is 0.451. The van der Waals surface area contributed by atoms with Crippen molar-refractivity contribution in [2.75, 3.05) is 18.1 Å². The van der Waals surface area contributed by atoms with E-state index in [2.05, 4.69) is 13.8 Å². The van der Waals surface area contributed by atoms with Gasteiger partial charge in [0, 0.05) is 22.1 Å². The molecule has 0 aliphatic carbocycles. The number of hydrogen-bond acceptors (Lipinski definition) is 3. The Hall–Kier alpha value is -1.00. The van der Waals surface area contributed by atoms with E-state index in [-0.39, 0.29) is 23.9 Å². The molecule has 4 heteroatoms. The first-order chi connectivity index (χ1) is 8.04. The number of aliphatic hydroxyl groups is 1. The molecular formula is C13H18O3S. The van der Waals surface area contributed by atoms with Gasteiger partial charge in [-0.15, -0.1) is 0 Å². The molecule has 1 aromatic carbocycles. The third kappa shape index (κ3) is 4.40. The van der Waals surface area contributed by atoms with E-state index >= 15 is 0 Å². The number of carbonyl (C=O) groups is 1. The Morgan fingerprint density at radius 1 is 1.29 bits per heavy atom. The summed E-state index contributed by atoms with van der Waals surface area (Å²) in [5, 5.41) is 8.61. The molecule has 1 rings (SSSR count). The van der Waals surface area contributed by atoms with Crippen LogP contribution >= 0.6 is 0 Å². The maximum Gasteiger partial charge on any atom is 0.175 e. The van der Waals surface area contributed by atoms with Crippen LogP contribution in [0.1, 0.15) is 35.7 Å². The number of rotatable bonds is 6. The quantitative estimate of drug-likeness (QED) is 0.787. The summed E-state index contributed by atoms with van der Waals surface area (Å²) in [5.41, 5.74) is 1.76. The lowest BCUT2D eigenvalue weighted by atomic mass is 10.0. The van der Waals surface area contributed by atoms with Crippen LogP contribution in [0.4, 0.5) is 0 Å². The van der Waals surface area contributed by atoms with Gasteiger partial charge in [0.25, 0.3) is 0 Å². The molecule has 94 valence electrons. The normalized spacial score (nSPS) is 12.7. The van der Waals surface area contributed by atoms with E-state index in [0.717, 1.165) is 0 Å². The minimum absolute atomic E-state index is 0.0123. The molecule has 17 heavy (non-hydrogen) atoms. The van der Waals surface area contributed by atoms with Crippen LogP contribution in [0.15, 0.2) is 24.3 Å². The summed E-state index contributed by atoms with van der Waals surface area (Å²) >= 11 is 0. The van der Waals surface area contributed by atoms with Crippen molar-refractivity contribution >= 4 is 16.6 Å². The molecule has 0 amide bonds. The maximum atomic E-state index is 11.7. The van der Waals surface area contributed by atoms with Crippen molar-refractivity contribution in [1.29, 1.82) is 0 Å². The third-order valence-electron chi connectivity index (χ3n) is 2.51. The van der Waals surface area contributed by atoms with Gasteiger partial charge in [-0.3, -0.25) is 9.00 Å². The lowest BCUT2D eigenvalue weighted by Gasteiger charge is -2.06. The highest BCUT2D eigenvalue weighted by Gasteiger charge is 2.10. The average molecular weight is 254 g/mol. The van der Waals surface area contributed by atoms with E-state index in [1.807, 2.05) is 12.1 Å². The van der Waals surface area contributed by atoms with Crippen LogP contribution in [0.3, 0.4) is 0 Å². The summed E-state index contributed by atoms with van der Waals surface area (Å²) in [4.78, 5) is 11.7. The van der Waals surface area contributed by atoms with E-state index in [4.69, 9.17) is 5.11 Å². The zero-order valence-electron chi connectivity index (χ0n) is 10.2. The van der Waals surface area contributed by atoms with Gasteiger partial charge in [-0.1, -0.05) is 38.1 Å². The van der Waals surface area contributed by atoms with Gasteiger partial charge in [0.05, 0.1) is 12.4 Å². The smallest absolute Gasteiger partial charge is 0.175 e. The summed E-state index contributed by atoms with van der Waals surface area (Å²) in [6.07, 6.45) is 0. The number of carbonyl (C=O) groups excluding carboxylic acids is 1. The molecule has 0 aromatic heterocycles. The van der Waals surface area contributed by atoms with Crippen LogP contribution in [-0.2, 0) is 10.8 Å². The van der Waals surface area contributed by atoms with Crippen LogP contribution in [0.25, 0.3) is 0 Å². The molecule has 0 saturated heterocycles. The minimum Gasteiger partial charge on any atom is -0.395 e. The van der Waals surface area contributed by atoms with Crippen molar-refractivity contribution in [3.05, 3.63) is 35.4 Å². The van der Waals surface area contributed by atoms with Gasteiger partial charge in [0.15, 0.2) is 5.78 Å². The van der Waals surface area contributed by atoms with Gasteiger partial charge in [0.2, 0.25) is 0 Å². The van der Waals surface area contributed by atoms with E-state index in [1.165, 1.54) is 5.56 Å². The predicted molar refractivity (Wildman–Crippen MR) is 69.8 cm³/mol. The summed E-state index contributed by atoms with van der Waals surface area (Å²) in [6, 6.07) is 7.39. The SMILES string of the molecule is CC(C)c1ccc(C(=O)CS(=O)CCO)cc1. The second-order valence-corrected chi connectivity index (χ2v) is 5.79. The Morgan fingerprint density at radius 3 is 2.35 bits per heavy atom. The Bertz CT molecular complexity index is 396. The van der Waals surface area contributed by atoms with E-state index in [0.29, 0.717) is 11.5 Å². The molecule has 0 spiro atoms. The number of ketones is 1. The predicted octanol–water partition coefficient (Wildman–Crippen LogP) is 1.73. The van der Waals surface area contributed by atoms with Crippen molar-refractivity contribution in [3.63, 3.8) is 0 Å². The second-order valence-electron chi connectivity index (χ2n) is 4.21. The number of hydrogen-bond donors (Lipinski definition) is 1. The summed E-state index contributed by atoms with van der Waals surface area (Å²) < 4.78 is 11.3. The van der Waals surface area contributed by atoms with Crippen LogP contribution < -0.4 is 0 Å². The molecule has 3 nitrogen and oxygen atoms in total. The second kappa shape index (κ2) is 6.67. The Kier molecular flexibility index (Phi) is 5.51. The summed E-state index contributed by atoms with van der Waals surface area (Å²) in [7, 11) is -1.26. The Morgan fingerprint density at radius 2 is 1.88 bits per heavy atom. The van der Waals surface area contributed by atoms with Gasteiger partial charge in [0.1, 0.15) is 0 Å². The first kappa shape index (κ1) is 14.1. The number of benzene rings is 1. The molecule has 1 aromatic rings. The number of aliphatic hydroxyl groups excluding tert-OH is 1. The topological polar surface area (TPSA) is 54.4 Å². The molecule has 1 N–H and O–H groups in total. The summed E-state index contributed by atoms with van der Waals surface area (Å²) in [6.45, 7) is 4.03. The number of Topliss-reactive ketones (excluding diaryl/α,β-unsaturated/α-hetero) is 1. The molecule has 0 radical (unpaired) electrons. The molecular weight excluding hydrogens is 236 g/mol.